The van der Waals surface area contributed by atoms with E-state index in [9.17, 15) is 4.79 Å². The average Bonchev–Trinajstić information content (AvgIpc) is 2.63. The Morgan fingerprint density at radius 3 is 2.26 bits per heavy atom. The smallest absolute Gasteiger partial charge is 0.238 e. The molecule has 0 bridgehead atoms. The number of hydrogen-bond acceptors (Lipinski definition) is 8. The number of ether oxygens (including phenoxy) is 1. The molecular formula is C16H21Br2N7O2. The molecule has 1 aliphatic heterocycles. The minimum atomic E-state index is -0.0940. The minimum absolute atomic E-state index is 0.0940. The van der Waals surface area contributed by atoms with Crippen molar-refractivity contribution in [3.8, 4) is 0 Å². The van der Waals surface area contributed by atoms with E-state index in [0.717, 1.165) is 22.0 Å². The van der Waals surface area contributed by atoms with Crippen molar-refractivity contribution in [1.82, 2.24) is 14.9 Å². The molecule has 146 valence electrons. The van der Waals surface area contributed by atoms with Gasteiger partial charge in [-0.15, -0.1) is 0 Å². The number of carbonyl (C=O) groups excluding carboxylic acids is 1. The zero-order valence-corrected chi connectivity index (χ0v) is 17.7. The second-order valence-corrected chi connectivity index (χ2v) is 7.48. The maximum atomic E-state index is 11.9. The van der Waals surface area contributed by atoms with Crippen molar-refractivity contribution >= 4 is 60.8 Å². The van der Waals surface area contributed by atoms with E-state index >= 15 is 0 Å². The highest BCUT2D eigenvalue weighted by Crippen LogP contribution is 2.20. The number of hydrogen-bond donors (Lipinski definition) is 4. The van der Waals surface area contributed by atoms with Gasteiger partial charge in [-0.1, -0.05) is 0 Å². The molecule has 1 fully saturated rings. The van der Waals surface area contributed by atoms with Crippen LogP contribution in [0.5, 0.6) is 0 Å². The van der Waals surface area contributed by atoms with Gasteiger partial charge in [0.15, 0.2) is 0 Å². The SMILES string of the molecule is Nc1cc(Br)cnc1N.Nc1ncc(Br)cc1NC(=O)CN1CCOCC1. The van der Waals surface area contributed by atoms with Gasteiger partial charge in [-0.25, -0.2) is 9.97 Å². The quantitative estimate of drug-likeness (QED) is 0.496. The van der Waals surface area contributed by atoms with Gasteiger partial charge >= 0.3 is 0 Å². The summed E-state index contributed by atoms with van der Waals surface area (Å²) in [6.07, 6.45) is 3.19. The molecule has 1 aliphatic rings. The van der Waals surface area contributed by atoms with Crippen molar-refractivity contribution in [2.24, 2.45) is 0 Å². The van der Waals surface area contributed by atoms with Gasteiger partial charge < -0.3 is 27.3 Å². The van der Waals surface area contributed by atoms with Crippen molar-refractivity contribution in [2.45, 2.75) is 0 Å². The topological polar surface area (TPSA) is 145 Å². The second kappa shape index (κ2) is 10.4. The number of nitrogen functional groups attached to an aromatic ring is 3. The van der Waals surface area contributed by atoms with Gasteiger partial charge in [0.05, 0.1) is 31.1 Å². The Kier molecular flexibility index (Phi) is 8.23. The zero-order valence-electron chi connectivity index (χ0n) is 14.5. The minimum Gasteiger partial charge on any atom is -0.396 e. The van der Waals surface area contributed by atoms with Crippen LogP contribution in [0.4, 0.5) is 23.0 Å². The van der Waals surface area contributed by atoms with Gasteiger partial charge in [-0.3, -0.25) is 9.69 Å². The number of carbonyl (C=O) groups is 1. The second-order valence-electron chi connectivity index (χ2n) is 5.65. The fourth-order valence-electron chi connectivity index (χ4n) is 2.17. The summed E-state index contributed by atoms with van der Waals surface area (Å²) in [5.41, 5.74) is 17.5. The van der Waals surface area contributed by atoms with Crippen LogP contribution >= 0.6 is 31.9 Å². The number of nitrogens with zero attached hydrogens (tertiary/aromatic N) is 3. The normalized spacial score (nSPS) is 14.1. The van der Waals surface area contributed by atoms with E-state index in [1.54, 1.807) is 24.5 Å². The maximum absolute atomic E-state index is 11.9. The monoisotopic (exact) mass is 501 g/mol. The van der Waals surface area contributed by atoms with Gasteiger partial charge in [0.2, 0.25) is 5.91 Å². The number of rotatable bonds is 3. The summed E-state index contributed by atoms with van der Waals surface area (Å²) in [5, 5.41) is 2.76. The van der Waals surface area contributed by atoms with Gasteiger partial charge in [0.25, 0.3) is 0 Å². The van der Waals surface area contributed by atoms with E-state index in [1.807, 2.05) is 4.90 Å². The lowest BCUT2D eigenvalue weighted by Crippen LogP contribution is -2.41. The van der Waals surface area contributed by atoms with Crippen LogP contribution in [0.1, 0.15) is 0 Å². The standard InChI is InChI=1S/C11H15BrN4O2.C5H6BrN3/c12-8-5-9(11(13)14-6-8)15-10(17)7-16-1-3-18-4-2-16;6-3-1-4(7)5(8)9-2-3/h5-6H,1-4,7H2,(H2,13,14)(H,15,17);1-2H,7H2,(H2,8,9). The summed E-state index contributed by atoms with van der Waals surface area (Å²) in [6, 6.07) is 3.45. The summed E-state index contributed by atoms with van der Waals surface area (Å²) in [6.45, 7) is 3.25. The van der Waals surface area contributed by atoms with E-state index in [-0.39, 0.29) is 5.91 Å². The Morgan fingerprint density at radius 1 is 1.07 bits per heavy atom. The molecule has 1 saturated heterocycles. The highest BCUT2D eigenvalue weighted by Gasteiger charge is 2.15. The van der Waals surface area contributed by atoms with Gasteiger partial charge in [0.1, 0.15) is 11.6 Å². The van der Waals surface area contributed by atoms with Crippen LogP contribution in [-0.4, -0.2) is 53.6 Å². The lowest BCUT2D eigenvalue weighted by molar-refractivity contribution is -0.118. The number of morpholine rings is 1. The molecule has 27 heavy (non-hydrogen) atoms. The third-order valence-electron chi connectivity index (χ3n) is 3.55. The predicted molar refractivity (Wildman–Crippen MR) is 113 cm³/mol. The molecular weight excluding hydrogens is 482 g/mol. The van der Waals surface area contributed by atoms with Crippen molar-refractivity contribution in [3.63, 3.8) is 0 Å². The summed E-state index contributed by atoms with van der Waals surface area (Å²) in [7, 11) is 0. The third kappa shape index (κ3) is 7.29. The molecule has 2 aromatic heterocycles. The summed E-state index contributed by atoms with van der Waals surface area (Å²) in [5.74, 6) is 0.593. The summed E-state index contributed by atoms with van der Waals surface area (Å²) < 4.78 is 6.84. The van der Waals surface area contributed by atoms with Crippen LogP contribution in [0.3, 0.4) is 0 Å². The van der Waals surface area contributed by atoms with Crippen LogP contribution in [0.25, 0.3) is 0 Å². The zero-order chi connectivity index (χ0) is 19.8. The molecule has 9 nitrogen and oxygen atoms in total. The largest absolute Gasteiger partial charge is 0.396 e. The number of nitrogens with two attached hydrogens (primary N) is 3. The lowest BCUT2D eigenvalue weighted by atomic mass is 10.3. The van der Waals surface area contributed by atoms with Crippen molar-refractivity contribution in [2.75, 3.05) is 55.4 Å². The lowest BCUT2D eigenvalue weighted by Gasteiger charge is -2.25. The number of amides is 1. The molecule has 0 spiro atoms. The fourth-order valence-corrected chi connectivity index (χ4v) is 2.85. The van der Waals surface area contributed by atoms with Crippen molar-refractivity contribution < 1.29 is 9.53 Å². The molecule has 1 amide bonds. The first-order valence-corrected chi connectivity index (χ1v) is 9.61. The van der Waals surface area contributed by atoms with Crippen LogP contribution in [0.15, 0.2) is 33.5 Å². The summed E-state index contributed by atoms with van der Waals surface area (Å²) >= 11 is 6.49. The Balaban J connectivity index is 0.000000244. The number of pyridine rings is 2. The number of aromatic nitrogens is 2. The highest BCUT2D eigenvalue weighted by molar-refractivity contribution is 9.10. The van der Waals surface area contributed by atoms with Crippen LogP contribution in [-0.2, 0) is 9.53 Å². The van der Waals surface area contributed by atoms with Gasteiger partial charge in [-0.2, -0.15) is 0 Å². The number of anilines is 4. The Morgan fingerprint density at radius 2 is 1.67 bits per heavy atom. The molecule has 0 radical (unpaired) electrons. The molecule has 0 saturated carbocycles. The fraction of sp³-hybridized carbons (Fsp3) is 0.312. The molecule has 0 unspecified atom stereocenters. The molecule has 0 aliphatic carbocycles. The molecule has 2 aromatic rings. The first kappa shape index (κ1) is 21.4. The van der Waals surface area contributed by atoms with E-state index in [0.29, 0.717) is 42.8 Å². The van der Waals surface area contributed by atoms with Gasteiger partial charge in [-0.05, 0) is 44.0 Å². The molecule has 0 aromatic carbocycles. The number of nitrogens with one attached hydrogen (secondary N) is 1. The van der Waals surface area contributed by atoms with E-state index in [4.69, 9.17) is 21.9 Å². The number of halogens is 2. The molecule has 3 rings (SSSR count). The molecule has 0 atom stereocenters. The van der Waals surface area contributed by atoms with Crippen molar-refractivity contribution in [1.29, 1.82) is 0 Å². The van der Waals surface area contributed by atoms with E-state index in [1.165, 1.54) is 0 Å². The predicted octanol–water partition coefficient (Wildman–Crippen LogP) is 1.71. The Labute approximate surface area is 173 Å². The first-order chi connectivity index (χ1) is 12.8. The summed E-state index contributed by atoms with van der Waals surface area (Å²) in [4.78, 5) is 21.6. The van der Waals surface area contributed by atoms with Crippen LogP contribution < -0.4 is 22.5 Å². The van der Waals surface area contributed by atoms with Crippen LogP contribution in [0, 0.1) is 0 Å². The first-order valence-electron chi connectivity index (χ1n) is 8.02. The maximum Gasteiger partial charge on any atom is 0.238 e. The average molecular weight is 503 g/mol. The highest BCUT2D eigenvalue weighted by atomic mass is 79.9. The van der Waals surface area contributed by atoms with Crippen molar-refractivity contribution in [3.05, 3.63) is 33.5 Å². The third-order valence-corrected chi connectivity index (χ3v) is 4.41. The Hall–Kier alpha value is -1.95. The molecule has 11 heteroatoms. The molecule has 7 N–H and O–H groups in total. The van der Waals surface area contributed by atoms with Gasteiger partial charge in [0, 0.05) is 34.4 Å². The Bertz CT molecular complexity index is 785. The van der Waals surface area contributed by atoms with E-state index in [2.05, 4.69) is 47.1 Å². The van der Waals surface area contributed by atoms with E-state index < -0.39 is 0 Å². The van der Waals surface area contributed by atoms with Crippen LogP contribution in [0.2, 0.25) is 0 Å². The molecule has 3 heterocycles.